The molecule has 16 heavy (non-hydrogen) atoms. The van der Waals surface area contributed by atoms with E-state index in [0.29, 0.717) is 17.9 Å². The van der Waals surface area contributed by atoms with E-state index in [1.54, 1.807) is 12.1 Å². The molecule has 0 aromatic heterocycles. The average Bonchev–Trinajstić information content (AvgIpc) is 2.22. The van der Waals surface area contributed by atoms with Crippen molar-refractivity contribution in [1.82, 2.24) is 0 Å². The smallest absolute Gasteiger partial charge is 0.238 e. The van der Waals surface area contributed by atoms with Crippen LogP contribution in [-0.4, -0.2) is 12.5 Å². The van der Waals surface area contributed by atoms with Crippen LogP contribution < -0.4 is 10.6 Å². The van der Waals surface area contributed by atoms with Crippen LogP contribution in [0.1, 0.15) is 13.3 Å². The lowest BCUT2D eigenvalue weighted by molar-refractivity contribution is -0.115. The minimum Gasteiger partial charge on any atom is -0.384 e. The quantitative estimate of drug-likeness (QED) is 0.818. The van der Waals surface area contributed by atoms with Crippen molar-refractivity contribution in [2.24, 2.45) is 0 Å². The highest BCUT2D eigenvalue weighted by atomic mass is 19.1. The Bertz CT molecular complexity index is 426. The highest BCUT2D eigenvalue weighted by Crippen LogP contribution is 2.22. The zero-order valence-electron chi connectivity index (χ0n) is 8.88. The Balaban J connectivity index is 2.88. The van der Waals surface area contributed by atoms with Crippen LogP contribution in [0.2, 0.25) is 0 Å². The average molecular weight is 221 g/mol. The van der Waals surface area contributed by atoms with Crippen molar-refractivity contribution in [3.05, 3.63) is 24.0 Å². The third-order valence-electron chi connectivity index (χ3n) is 1.86. The monoisotopic (exact) mass is 221 g/mol. The summed E-state index contributed by atoms with van der Waals surface area (Å²) in [4.78, 5) is 11.2. The van der Waals surface area contributed by atoms with Crippen LogP contribution in [0.4, 0.5) is 15.8 Å². The number of anilines is 2. The van der Waals surface area contributed by atoms with E-state index in [2.05, 4.69) is 10.6 Å². The van der Waals surface area contributed by atoms with Gasteiger partial charge in [0.25, 0.3) is 0 Å². The number of hydrogen-bond acceptors (Lipinski definition) is 3. The number of carbonyl (C=O) groups excluding carboxylic acids is 1. The van der Waals surface area contributed by atoms with Crippen molar-refractivity contribution in [3.8, 4) is 6.07 Å². The van der Waals surface area contributed by atoms with E-state index in [0.717, 1.165) is 0 Å². The van der Waals surface area contributed by atoms with Crippen LogP contribution in [0.3, 0.4) is 0 Å². The zero-order chi connectivity index (χ0) is 12.0. The maximum Gasteiger partial charge on any atom is 0.238 e. The molecule has 0 atom stereocenters. The molecule has 0 spiro atoms. The van der Waals surface area contributed by atoms with Gasteiger partial charge in [-0.25, -0.2) is 4.39 Å². The Morgan fingerprint density at radius 1 is 1.50 bits per heavy atom. The highest BCUT2D eigenvalue weighted by Gasteiger charge is 2.07. The summed E-state index contributed by atoms with van der Waals surface area (Å²) in [7, 11) is 0. The molecule has 1 aromatic rings. The first-order chi connectivity index (χ1) is 7.67. The number of nitriles is 1. The number of carbonyl (C=O) groups is 1. The van der Waals surface area contributed by atoms with Crippen molar-refractivity contribution in [2.45, 2.75) is 13.3 Å². The molecular weight excluding hydrogens is 209 g/mol. The Kier molecular flexibility index (Phi) is 4.28. The van der Waals surface area contributed by atoms with Crippen LogP contribution in [-0.2, 0) is 4.79 Å². The Labute approximate surface area is 93.1 Å². The van der Waals surface area contributed by atoms with E-state index in [1.165, 1.54) is 12.1 Å². The third kappa shape index (κ3) is 3.24. The van der Waals surface area contributed by atoms with E-state index in [9.17, 15) is 9.18 Å². The zero-order valence-corrected chi connectivity index (χ0v) is 8.88. The van der Waals surface area contributed by atoms with Crippen LogP contribution >= 0.6 is 0 Å². The Hall–Kier alpha value is -2.09. The van der Waals surface area contributed by atoms with Crippen molar-refractivity contribution in [1.29, 1.82) is 5.26 Å². The van der Waals surface area contributed by atoms with Crippen molar-refractivity contribution in [2.75, 3.05) is 17.2 Å². The molecular formula is C11H12FN3O. The number of hydrogen-bond donors (Lipinski definition) is 2. The largest absolute Gasteiger partial charge is 0.384 e. The maximum absolute atomic E-state index is 13.0. The second-order valence-corrected chi connectivity index (χ2v) is 3.10. The van der Waals surface area contributed by atoms with Crippen LogP contribution in [0.5, 0.6) is 0 Å². The fraction of sp³-hybridized carbons (Fsp3) is 0.273. The number of rotatable bonds is 4. The van der Waals surface area contributed by atoms with Gasteiger partial charge >= 0.3 is 0 Å². The molecule has 1 amide bonds. The van der Waals surface area contributed by atoms with Gasteiger partial charge in [0.05, 0.1) is 17.4 Å². The summed E-state index contributed by atoms with van der Waals surface area (Å²) in [5.74, 6) is -0.888. The minimum atomic E-state index is -0.452. The topological polar surface area (TPSA) is 64.9 Å². The summed E-state index contributed by atoms with van der Waals surface area (Å²) in [6.07, 6.45) is -0.248. The molecule has 0 radical (unpaired) electrons. The van der Waals surface area contributed by atoms with Gasteiger partial charge in [0, 0.05) is 6.54 Å². The molecule has 0 fully saturated rings. The molecule has 0 bridgehead atoms. The first-order valence-electron chi connectivity index (χ1n) is 4.87. The number of nitrogens with one attached hydrogen (secondary N) is 2. The van der Waals surface area contributed by atoms with Gasteiger partial charge < -0.3 is 10.6 Å². The lowest BCUT2D eigenvalue weighted by atomic mass is 10.2. The number of halogens is 1. The fourth-order valence-corrected chi connectivity index (χ4v) is 1.23. The van der Waals surface area contributed by atoms with E-state index >= 15 is 0 Å². The molecule has 0 saturated carbocycles. The van der Waals surface area contributed by atoms with Crippen molar-refractivity contribution in [3.63, 3.8) is 0 Å². The normalized spacial score (nSPS) is 9.31. The summed E-state index contributed by atoms with van der Waals surface area (Å²) >= 11 is 0. The minimum absolute atomic E-state index is 0.248. The van der Waals surface area contributed by atoms with Crippen molar-refractivity contribution < 1.29 is 9.18 Å². The van der Waals surface area contributed by atoms with Crippen LogP contribution in [0, 0.1) is 17.1 Å². The highest BCUT2D eigenvalue weighted by molar-refractivity contribution is 5.95. The maximum atomic E-state index is 13.0. The van der Waals surface area contributed by atoms with Gasteiger partial charge in [-0.2, -0.15) is 5.26 Å². The first-order valence-corrected chi connectivity index (χ1v) is 4.87. The van der Waals surface area contributed by atoms with E-state index in [4.69, 9.17) is 5.26 Å². The molecule has 4 nitrogen and oxygen atoms in total. The lowest BCUT2D eigenvalue weighted by Gasteiger charge is -2.11. The molecule has 0 aliphatic heterocycles. The van der Waals surface area contributed by atoms with Gasteiger partial charge in [-0.3, -0.25) is 4.79 Å². The summed E-state index contributed by atoms with van der Waals surface area (Å²) in [6.45, 7) is 2.55. The third-order valence-corrected chi connectivity index (χ3v) is 1.86. The van der Waals surface area contributed by atoms with Crippen LogP contribution in [0.15, 0.2) is 18.2 Å². The summed E-state index contributed by atoms with van der Waals surface area (Å²) in [6, 6.07) is 5.79. The van der Waals surface area contributed by atoms with Crippen LogP contribution in [0.25, 0.3) is 0 Å². The molecule has 84 valence electrons. The Morgan fingerprint density at radius 2 is 2.25 bits per heavy atom. The summed E-state index contributed by atoms with van der Waals surface area (Å²) in [5, 5.41) is 13.8. The van der Waals surface area contributed by atoms with E-state index < -0.39 is 11.7 Å². The summed E-state index contributed by atoms with van der Waals surface area (Å²) in [5.41, 5.74) is 0.984. The Morgan fingerprint density at radius 3 is 2.88 bits per heavy atom. The number of benzene rings is 1. The van der Waals surface area contributed by atoms with Gasteiger partial charge in [0.1, 0.15) is 12.2 Å². The molecule has 2 N–H and O–H groups in total. The SMILES string of the molecule is CCNc1ccc(F)cc1NC(=O)CC#N. The number of amides is 1. The van der Waals surface area contributed by atoms with Gasteiger partial charge in [0.2, 0.25) is 5.91 Å². The number of nitrogens with zero attached hydrogens (tertiary/aromatic N) is 1. The van der Waals surface area contributed by atoms with E-state index in [-0.39, 0.29) is 6.42 Å². The van der Waals surface area contributed by atoms with Gasteiger partial charge in [0.15, 0.2) is 0 Å². The molecule has 0 aliphatic rings. The van der Waals surface area contributed by atoms with Gasteiger partial charge in [-0.05, 0) is 25.1 Å². The second kappa shape index (κ2) is 5.71. The second-order valence-electron chi connectivity index (χ2n) is 3.10. The molecule has 0 unspecified atom stereocenters. The van der Waals surface area contributed by atoms with Crippen molar-refractivity contribution >= 4 is 17.3 Å². The standard InChI is InChI=1S/C11H12FN3O/c1-2-14-9-4-3-8(12)7-10(9)15-11(16)5-6-13/h3-4,7,14H,2,5H2,1H3,(H,15,16). The lowest BCUT2D eigenvalue weighted by Crippen LogP contribution is -2.12. The predicted octanol–water partition coefficient (Wildman–Crippen LogP) is 2.11. The fourth-order valence-electron chi connectivity index (χ4n) is 1.23. The predicted molar refractivity (Wildman–Crippen MR) is 59.4 cm³/mol. The first kappa shape index (κ1) is 12.0. The van der Waals surface area contributed by atoms with Gasteiger partial charge in [-0.15, -0.1) is 0 Å². The van der Waals surface area contributed by atoms with Gasteiger partial charge in [-0.1, -0.05) is 0 Å². The molecule has 0 heterocycles. The molecule has 5 heteroatoms. The molecule has 1 aromatic carbocycles. The molecule has 0 aliphatic carbocycles. The van der Waals surface area contributed by atoms with E-state index in [1.807, 2.05) is 6.92 Å². The molecule has 1 rings (SSSR count). The molecule has 0 saturated heterocycles. The summed E-state index contributed by atoms with van der Waals surface area (Å²) < 4.78 is 13.0.